The summed E-state index contributed by atoms with van der Waals surface area (Å²) in [5.74, 6) is 0.627. The van der Waals surface area contributed by atoms with Crippen LogP contribution in [0.1, 0.15) is 43.6 Å². The van der Waals surface area contributed by atoms with Crippen molar-refractivity contribution in [2.45, 2.75) is 38.0 Å². The van der Waals surface area contributed by atoms with Gasteiger partial charge < -0.3 is 4.90 Å². The Hall–Kier alpha value is -5.14. The number of rotatable bonds is 6. The predicted octanol–water partition coefficient (Wildman–Crippen LogP) is 12.8. The summed E-state index contributed by atoms with van der Waals surface area (Å²) in [5, 5.41) is 5.29. The monoisotopic (exact) mass is 579 g/mol. The van der Waals surface area contributed by atoms with Gasteiger partial charge in [-0.15, -0.1) is 0 Å². The van der Waals surface area contributed by atoms with Crippen LogP contribution in [0.3, 0.4) is 0 Å². The number of benzene rings is 7. The molecule has 0 N–H and O–H groups in total. The molecule has 0 spiro atoms. The van der Waals surface area contributed by atoms with E-state index >= 15 is 0 Å². The van der Waals surface area contributed by atoms with Crippen molar-refractivity contribution in [1.29, 1.82) is 0 Å². The zero-order chi connectivity index (χ0) is 30.0. The Morgan fingerprint density at radius 3 is 1.84 bits per heavy atom. The first kappa shape index (κ1) is 27.4. The van der Waals surface area contributed by atoms with Crippen molar-refractivity contribution in [3.05, 3.63) is 163 Å². The lowest BCUT2D eigenvalue weighted by molar-refractivity contribution is 0.445. The zero-order valence-electron chi connectivity index (χ0n) is 25.6. The van der Waals surface area contributed by atoms with Gasteiger partial charge in [-0.05, 0) is 92.9 Å². The summed E-state index contributed by atoms with van der Waals surface area (Å²) in [5.41, 5.74) is 10.1. The highest BCUT2D eigenvalue weighted by Gasteiger charge is 2.22. The van der Waals surface area contributed by atoms with Crippen LogP contribution in [-0.2, 0) is 0 Å². The van der Waals surface area contributed by atoms with Gasteiger partial charge in [0, 0.05) is 16.9 Å². The number of para-hydroxylation sites is 2. The Labute approximate surface area is 266 Å². The maximum Gasteiger partial charge on any atom is 0.0540 e. The molecule has 7 aromatic carbocycles. The van der Waals surface area contributed by atoms with Gasteiger partial charge in [0.2, 0.25) is 0 Å². The molecule has 1 saturated carbocycles. The highest BCUT2D eigenvalue weighted by Crippen LogP contribution is 2.45. The molecule has 0 bridgehead atoms. The quantitative estimate of drug-likeness (QED) is 0.189. The molecule has 0 saturated heterocycles. The summed E-state index contributed by atoms with van der Waals surface area (Å²) >= 11 is 0. The van der Waals surface area contributed by atoms with Gasteiger partial charge in [-0.3, -0.25) is 0 Å². The van der Waals surface area contributed by atoms with Crippen LogP contribution >= 0.6 is 0 Å². The molecule has 1 aliphatic rings. The second-order valence-corrected chi connectivity index (χ2v) is 12.3. The molecular weight excluding hydrogens is 542 g/mol. The minimum absolute atomic E-state index is 0.627. The van der Waals surface area contributed by atoms with Gasteiger partial charge in [-0.2, -0.15) is 0 Å². The number of hydrogen-bond donors (Lipinski definition) is 0. The molecule has 0 aliphatic heterocycles. The normalized spacial score (nSPS) is 13.7. The first-order valence-electron chi connectivity index (χ1n) is 16.4. The van der Waals surface area contributed by atoms with Crippen LogP contribution in [0.25, 0.3) is 43.8 Å². The molecule has 1 fully saturated rings. The average Bonchev–Trinajstić information content (AvgIpc) is 3.12. The molecule has 45 heavy (non-hydrogen) atoms. The van der Waals surface area contributed by atoms with Crippen molar-refractivity contribution in [1.82, 2.24) is 0 Å². The lowest BCUT2D eigenvalue weighted by Crippen LogP contribution is -2.11. The minimum atomic E-state index is 0.627. The minimum Gasteiger partial charge on any atom is -0.310 e. The van der Waals surface area contributed by atoms with Gasteiger partial charge in [0.1, 0.15) is 0 Å². The van der Waals surface area contributed by atoms with E-state index in [2.05, 4.69) is 163 Å². The van der Waals surface area contributed by atoms with Crippen LogP contribution in [0.2, 0.25) is 0 Å². The number of hydrogen-bond acceptors (Lipinski definition) is 1. The summed E-state index contributed by atoms with van der Waals surface area (Å²) in [6, 6.07) is 57.8. The number of fused-ring (bicyclic) bond motifs is 2. The molecule has 0 atom stereocenters. The largest absolute Gasteiger partial charge is 0.310 e. The van der Waals surface area contributed by atoms with Crippen molar-refractivity contribution < 1.29 is 0 Å². The molecule has 0 unspecified atom stereocenters. The molecular formula is C44H37N. The fourth-order valence-electron chi connectivity index (χ4n) is 7.52. The van der Waals surface area contributed by atoms with Gasteiger partial charge in [0.05, 0.1) is 5.69 Å². The SMILES string of the molecule is c1ccc(N(c2ccc(-c3cccc4ccccc34)cc2)c2ccccc2-c2cccc3cccc(C4CCCCC4)c23)cc1. The molecule has 218 valence electrons. The van der Waals surface area contributed by atoms with Crippen molar-refractivity contribution in [3.8, 4) is 22.3 Å². The first-order chi connectivity index (χ1) is 22.3. The Balaban J connectivity index is 1.28. The van der Waals surface area contributed by atoms with E-state index in [0.29, 0.717) is 5.92 Å². The van der Waals surface area contributed by atoms with Crippen LogP contribution < -0.4 is 4.90 Å². The summed E-state index contributed by atoms with van der Waals surface area (Å²) in [4.78, 5) is 2.42. The van der Waals surface area contributed by atoms with E-state index in [-0.39, 0.29) is 0 Å². The van der Waals surface area contributed by atoms with Crippen LogP contribution in [-0.4, -0.2) is 0 Å². The Bertz CT molecular complexity index is 2070. The van der Waals surface area contributed by atoms with Gasteiger partial charge >= 0.3 is 0 Å². The number of nitrogens with zero attached hydrogens (tertiary/aromatic N) is 1. The molecule has 0 amide bonds. The van der Waals surface area contributed by atoms with E-state index in [1.807, 2.05) is 0 Å². The van der Waals surface area contributed by atoms with Crippen molar-refractivity contribution in [2.24, 2.45) is 0 Å². The van der Waals surface area contributed by atoms with E-state index in [0.717, 1.165) is 11.4 Å². The van der Waals surface area contributed by atoms with E-state index in [1.54, 1.807) is 0 Å². The molecule has 1 nitrogen and oxygen atoms in total. The Kier molecular flexibility index (Phi) is 7.37. The van der Waals surface area contributed by atoms with Gasteiger partial charge in [-0.1, -0.05) is 147 Å². The predicted molar refractivity (Wildman–Crippen MR) is 193 cm³/mol. The highest BCUT2D eigenvalue weighted by molar-refractivity contribution is 6.03. The summed E-state index contributed by atoms with van der Waals surface area (Å²) < 4.78 is 0. The second-order valence-electron chi connectivity index (χ2n) is 12.3. The molecule has 1 aliphatic carbocycles. The third-order valence-electron chi connectivity index (χ3n) is 9.66. The maximum atomic E-state index is 2.42. The zero-order valence-corrected chi connectivity index (χ0v) is 25.6. The lowest BCUT2D eigenvalue weighted by Gasteiger charge is -2.29. The van der Waals surface area contributed by atoms with E-state index < -0.39 is 0 Å². The molecule has 0 radical (unpaired) electrons. The van der Waals surface area contributed by atoms with Crippen molar-refractivity contribution in [2.75, 3.05) is 4.90 Å². The Morgan fingerprint density at radius 2 is 1.02 bits per heavy atom. The summed E-state index contributed by atoms with van der Waals surface area (Å²) in [6.45, 7) is 0. The van der Waals surface area contributed by atoms with Crippen LogP contribution in [0, 0.1) is 0 Å². The topological polar surface area (TPSA) is 3.24 Å². The molecule has 7 aromatic rings. The van der Waals surface area contributed by atoms with Crippen LogP contribution in [0.5, 0.6) is 0 Å². The van der Waals surface area contributed by atoms with Crippen molar-refractivity contribution in [3.63, 3.8) is 0 Å². The van der Waals surface area contributed by atoms with Crippen LogP contribution in [0.15, 0.2) is 158 Å². The standard InChI is InChI=1S/C44H37N/c1-3-14-33(15-4-1)40-25-12-18-35-19-13-26-42(44(35)40)41-23-9-10-27-43(41)45(36-20-5-2-6-21-36)37-30-28-34(29-31-37)39-24-11-17-32-16-7-8-22-38(32)39/h2,5-13,16-31,33H,1,3-4,14-15H2. The first-order valence-corrected chi connectivity index (χ1v) is 16.4. The fourth-order valence-corrected chi connectivity index (χ4v) is 7.52. The van der Waals surface area contributed by atoms with Gasteiger partial charge in [0.25, 0.3) is 0 Å². The average molecular weight is 580 g/mol. The van der Waals surface area contributed by atoms with E-state index in [9.17, 15) is 0 Å². The van der Waals surface area contributed by atoms with Crippen LogP contribution in [0.4, 0.5) is 17.1 Å². The second kappa shape index (κ2) is 12.1. The molecule has 0 aromatic heterocycles. The molecule has 1 heteroatoms. The third-order valence-corrected chi connectivity index (χ3v) is 9.66. The fraction of sp³-hybridized carbons (Fsp3) is 0.136. The molecule has 8 rings (SSSR count). The van der Waals surface area contributed by atoms with Gasteiger partial charge in [0.15, 0.2) is 0 Å². The highest BCUT2D eigenvalue weighted by atomic mass is 15.1. The van der Waals surface area contributed by atoms with E-state index in [4.69, 9.17) is 0 Å². The van der Waals surface area contributed by atoms with Crippen molar-refractivity contribution >= 4 is 38.6 Å². The lowest BCUT2D eigenvalue weighted by atomic mass is 9.80. The summed E-state index contributed by atoms with van der Waals surface area (Å²) in [7, 11) is 0. The van der Waals surface area contributed by atoms with Gasteiger partial charge in [-0.25, -0.2) is 0 Å². The Morgan fingerprint density at radius 1 is 0.422 bits per heavy atom. The molecule has 0 heterocycles. The van der Waals surface area contributed by atoms with E-state index in [1.165, 1.54) is 87.2 Å². The number of anilines is 3. The maximum absolute atomic E-state index is 2.42. The smallest absolute Gasteiger partial charge is 0.0540 e. The summed E-state index contributed by atoms with van der Waals surface area (Å²) in [6.07, 6.45) is 6.59. The third kappa shape index (κ3) is 5.19.